The van der Waals surface area contributed by atoms with Gasteiger partial charge < -0.3 is 16.0 Å². The number of nitrogens with one attached hydrogen (secondary N) is 2. The average Bonchev–Trinajstić information content (AvgIpc) is 2.67. The van der Waals surface area contributed by atoms with Crippen LogP contribution in [0.2, 0.25) is 0 Å². The predicted octanol–water partition coefficient (Wildman–Crippen LogP) is 1.48. The van der Waals surface area contributed by atoms with Crippen LogP contribution in [0.15, 0.2) is 53.3 Å². The summed E-state index contributed by atoms with van der Waals surface area (Å²) < 4.78 is 0. The number of nitrogens with zero attached hydrogens (tertiary/aromatic N) is 2. The molecule has 0 saturated heterocycles. The van der Waals surface area contributed by atoms with Crippen LogP contribution in [0.3, 0.4) is 0 Å². The Balaban J connectivity index is 1.72. The second-order valence-corrected chi connectivity index (χ2v) is 6.29. The lowest BCUT2D eigenvalue weighted by atomic mass is 10.1. The summed E-state index contributed by atoms with van der Waals surface area (Å²) in [4.78, 5) is 45.2. The summed E-state index contributed by atoms with van der Waals surface area (Å²) in [5.41, 5.74) is 6.35. The minimum atomic E-state index is -0.610. The van der Waals surface area contributed by atoms with E-state index in [2.05, 4.69) is 15.3 Å². The van der Waals surface area contributed by atoms with Gasteiger partial charge in [-0.3, -0.25) is 19.3 Å². The number of carbonyl (C=O) groups is 2. The zero-order valence-corrected chi connectivity index (χ0v) is 15.4. The van der Waals surface area contributed by atoms with Crippen LogP contribution >= 0.6 is 0 Å². The van der Waals surface area contributed by atoms with Crippen LogP contribution in [0.4, 0.5) is 5.69 Å². The number of nitrogens with two attached hydrogens (primary N) is 1. The number of hydrogen-bond donors (Lipinski definition) is 3. The molecule has 4 N–H and O–H groups in total. The van der Waals surface area contributed by atoms with Crippen molar-refractivity contribution in [2.24, 2.45) is 5.73 Å². The van der Waals surface area contributed by atoms with Crippen molar-refractivity contribution in [3.05, 3.63) is 70.3 Å². The van der Waals surface area contributed by atoms with Crippen LogP contribution in [0.5, 0.6) is 0 Å². The smallest absolute Gasteiger partial charge is 0.258 e. The quantitative estimate of drug-likeness (QED) is 0.574. The Morgan fingerprint density at radius 2 is 1.86 bits per heavy atom. The van der Waals surface area contributed by atoms with Crippen LogP contribution < -0.4 is 16.6 Å². The van der Waals surface area contributed by atoms with Crippen molar-refractivity contribution in [2.45, 2.75) is 13.5 Å². The molecule has 8 nitrogen and oxygen atoms in total. The molecule has 2 amide bonds. The summed E-state index contributed by atoms with van der Waals surface area (Å²) in [6.45, 7) is 2.85. The van der Waals surface area contributed by atoms with E-state index in [1.54, 1.807) is 42.5 Å². The standard InChI is InChI=1S/C20H21N5O3/c1-2-25(11-17-22-16-10-6-4-8-14(16)20(28)24-17)12-18(26)23-15-9-5-3-7-13(15)19(21)27/h3-10H,2,11-12H2,1H3,(H2,21,27)(H,23,26)(H,22,24,28). The monoisotopic (exact) mass is 379 g/mol. The highest BCUT2D eigenvalue weighted by Gasteiger charge is 2.14. The number of para-hydroxylation sites is 2. The van der Waals surface area contributed by atoms with E-state index in [0.717, 1.165) is 0 Å². The number of likely N-dealkylation sites (N-methyl/N-ethyl adjacent to an activating group) is 1. The third-order valence-corrected chi connectivity index (χ3v) is 4.32. The molecule has 3 rings (SSSR count). The van der Waals surface area contributed by atoms with E-state index in [1.165, 1.54) is 0 Å². The first kappa shape index (κ1) is 19.2. The number of H-pyrrole nitrogens is 1. The first-order chi connectivity index (χ1) is 13.5. The van der Waals surface area contributed by atoms with Crippen LogP contribution in [0, 0.1) is 0 Å². The molecule has 1 heterocycles. The Kier molecular flexibility index (Phi) is 5.81. The highest BCUT2D eigenvalue weighted by Crippen LogP contribution is 2.14. The molecule has 1 aromatic heterocycles. The maximum absolute atomic E-state index is 12.4. The normalized spacial score (nSPS) is 10.9. The molecule has 0 aliphatic heterocycles. The SMILES string of the molecule is CCN(CC(=O)Nc1ccccc1C(N)=O)Cc1nc2ccccc2c(=O)[nH]1. The lowest BCUT2D eigenvalue weighted by molar-refractivity contribution is -0.117. The Morgan fingerprint density at radius 3 is 2.61 bits per heavy atom. The fourth-order valence-electron chi connectivity index (χ4n) is 2.90. The molecule has 0 aliphatic rings. The summed E-state index contributed by atoms with van der Waals surface area (Å²) in [5, 5.41) is 3.23. The first-order valence-corrected chi connectivity index (χ1v) is 8.87. The van der Waals surface area contributed by atoms with Gasteiger partial charge in [0.05, 0.1) is 35.2 Å². The number of primary amides is 1. The van der Waals surface area contributed by atoms with Gasteiger partial charge in [0.1, 0.15) is 5.82 Å². The lowest BCUT2D eigenvalue weighted by Gasteiger charge is -2.19. The molecule has 0 radical (unpaired) electrons. The van der Waals surface area contributed by atoms with Crippen molar-refractivity contribution in [1.82, 2.24) is 14.9 Å². The molecule has 8 heteroatoms. The van der Waals surface area contributed by atoms with E-state index in [1.807, 2.05) is 17.9 Å². The van der Waals surface area contributed by atoms with E-state index in [0.29, 0.717) is 35.5 Å². The van der Waals surface area contributed by atoms with Gasteiger partial charge >= 0.3 is 0 Å². The molecule has 0 fully saturated rings. The van der Waals surface area contributed by atoms with Gasteiger partial charge in [-0.15, -0.1) is 0 Å². The summed E-state index contributed by atoms with van der Waals surface area (Å²) in [7, 11) is 0. The molecule has 0 saturated carbocycles. The van der Waals surface area contributed by atoms with Crippen molar-refractivity contribution in [3.63, 3.8) is 0 Å². The zero-order chi connectivity index (χ0) is 20.1. The fraction of sp³-hybridized carbons (Fsp3) is 0.200. The van der Waals surface area contributed by atoms with Gasteiger partial charge in [0.2, 0.25) is 5.91 Å². The van der Waals surface area contributed by atoms with Gasteiger partial charge in [-0.25, -0.2) is 4.98 Å². The Morgan fingerprint density at radius 1 is 1.14 bits per heavy atom. The molecule has 0 unspecified atom stereocenters. The third kappa shape index (κ3) is 4.41. The first-order valence-electron chi connectivity index (χ1n) is 8.87. The number of anilines is 1. The highest BCUT2D eigenvalue weighted by atomic mass is 16.2. The van der Waals surface area contributed by atoms with Gasteiger partial charge in [-0.2, -0.15) is 0 Å². The Hall–Kier alpha value is -3.52. The second-order valence-electron chi connectivity index (χ2n) is 6.29. The number of amides is 2. The van der Waals surface area contributed by atoms with E-state index in [9.17, 15) is 14.4 Å². The van der Waals surface area contributed by atoms with Gasteiger partial charge in [0.15, 0.2) is 0 Å². The largest absolute Gasteiger partial charge is 0.366 e. The molecule has 3 aromatic rings. The van der Waals surface area contributed by atoms with Crippen LogP contribution in [0.1, 0.15) is 23.1 Å². The number of carbonyl (C=O) groups excluding carboxylic acids is 2. The molecule has 28 heavy (non-hydrogen) atoms. The molecule has 0 aliphatic carbocycles. The van der Waals surface area contributed by atoms with Crippen LogP contribution in [0.25, 0.3) is 10.9 Å². The fourth-order valence-corrected chi connectivity index (χ4v) is 2.90. The predicted molar refractivity (Wildman–Crippen MR) is 107 cm³/mol. The third-order valence-electron chi connectivity index (χ3n) is 4.32. The summed E-state index contributed by atoms with van der Waals surface area (Å²) >= 11 is 0. The summed E-state index contributed by atoms with van der Waals surface area (Å²) in [5.74, 6) is -0.421. The number of aromatic amines is 1. The van der Waals surface area contributed by atoms with Crippen molar-refractivity contribution < 1.29 is 9.59 Å². The van der Waals surface area contributed by atoms with Gasteiger partial charge in [0, 0.05) is 0 Å². The molecule has 0 atom stereocenters. The average molecular weight is 379 g/mol. The number of hydrogen-bond acceptors (Lipinski definition) is 5. The van der Waals surface area contributed by atoms with E-state index < -0.39 is 5.91 Å². The van der Waals surface area contributed by atoms with Crippen molar-refractivity contribution >= 4 is 28.4 Å². The maximum atomic E-state index is 12.4. The van der Waals surface area contributed by atoms with Crippen LogP contribution in [-0.4, -0.2) is 39.8 Å². The lowest BCUT2D eigenvalue weighted by Crippen LogP contribution is -2.34. The molecular weight excluding hydrogens is 358 g/mol. The molecule has 2 aromatic carbocycles. The number of rotatable bonds is 7. The molecule has 0 spiro atoms. The summed E-state index contributed by atoms with van der Waals surface area (Å²) in [6, 6.07) is 13.7. The van der Waals surface area contributed by atoms with E-state index in [4.69, 9.17) is 5.73 Å². The van der Waals surface area contributed by atoms with Crippen molar-refractivity contribution in [1.29, 1.82) is 0 Å². The number of fused-ring (bicyclic) bond motifs is 1. The Bertz CT molecular complexity index is 1080. The van der Waals surface area contributed by atoms with Crippen LogP contribution in [-0.2, 0) is 11.3 Å². The maximum Gasteiger partial charge on any atom is 0.258 e. The second kappa shape index (κ2) is 8.45. The molecular formula is C20H21N5O3. The number of aromatic nitrogens is 2. The van der Waals surface area contributed by atoms with Crippen molar-refractivity contribution in [3.8, 4) is 0 Å². The minimum Gasteiger partial charge on any atom is -0.366 e. The van der Waals surface area contributed by atoms with Gasteiger partial charge in [-0.1, -0.05) is 31.2 Å². The minimum absolute atomic E-state index is 0.0696. The van der Waals surface area contributed by atoms with E-state index in [-0.39, 0.29) is 23.6 Å². The molecule has 144 valence electrons. The number of benzene rings is 2. The summed E-state index contributed by atoms with van der Waals surface area (Å²) in [6.07, 6.45) is 0. The Labute approximate surface area is 161 Å². The van der Waals surface area contributed by atoms with E-state index >= 15 is 0 Å². The zero-order valence-electron chi connectivity index (χ0n) is 15.4. The van der Waals surface area contributed by atoms with Gasteiger partial charge in [0.25, 0.3) is 11.5 Å². The molecule has 0 bridgehead atoms. The highest BCUT2D eigenvalue weighted by molar-refractivity contribution is 6.03. The van der Waals surface area contributed by atoms with Crippen molar-refractivity contribution in [2.75, 3.05) is 18.4 Å². The van der Waals surface area contributed by atoms with Gasteiger partial charge in [-0.05, 0) is 30.8 Å². The topological polar surface area (TPSA) is 121 Å².